The first kappa shape index (κ1) is 25.2. The number of aromatic nitrogens is 2. The molecule has 5 heterocycles. The second-order valence-electron chi connectivity index (χ2n) is 9.14. The molecule has 196 valence electrons. The molecule has 0 aliphatic carbocycles. The zero-order valence-corrected chi connectivity index (χ0v) is 20.4. The molecular formula is C26H24N4O8. The highest BCUT2D eigenvalue weighted by atomic mass is 16.6. The van der Waals surface area contributed by atoms with Crippen LogP contribution < -0.4 is 11.0 Å². The molecule has 3 aliphatic heterocycles. The third-order valence-corrected chi connectivity index (χ3v) is 6.86. The summed E-state index contributed by atoms with van der Waals surface area (Å²) < 4.78 is 6.72. The number of para-hydroxylation sites is 1. The van der Waals surface area contributed by atoms with Gasteiger partial charge in [-0.1, -0.05) is 25.1 Å². The number of ether oxygens (including phenoxy) is 1. The van der Waals surface area contributed by atoms with Gasteiger partial charge in [-0.05, 0) is 24.6 Å². The zero-order valence-electron chi connectivity index (χ0n) is 20.4. The number of aliphatic hydroxyl groups is 1. The minimum Gasteiger partial charge on any atom is -0.480 e. The van der Waals surface area contributed by atoms with Gasteiger partial charge in [0.15, 0.2) is 5.60 Å². The first-order valence-electron chi connectivity index (χ1n) is 12.0. The number of aliphatic carboxylic acids is 1. The van der Waals surface area contributed by atoms with E-state index in [1.54, 1.807) is 17.6 Å². The number of nitrogens with zero attached hydrogens (tertiary/aromatic N) is 3. The first-order valence-corrected chi connectivity index (χ1v) is 12.0. The number of amides is 2. The van der Waals surface area contributed by atoms with Crippen molar-refractivity contribution in [3.05, 3.63) is 63.4 Å². The number of esters is 1. The van der Waals surface area contributed by atoms with Crippen molar-refractivity contribution < 1.29 is 34.1 Å². The van der Waals surface area contributed by atoms with Crippen molar-refractivity contribution in [3.63, 3.8) is 0 Å². The van der Waals surface area contributed by atoms with Crippen molar-refractivity contribution in [2.45, 2.75) is 44.9 Å². The minimum absolute atomic E-state index is 0.110. The van der Waals surface area contributed by atoms with Gasteiger partial charge in [-0.3, -0.25) is 19.2 Å². The summed E-state index contributed by atoms with van der Waals surface area (Å²) in [6.45, 7) is 1.59. The van der Waals surface area contributed by atoms with Gasteiger partial charge in [0.05, 0.1) is 29.0 Å². The number of imide groups is 1. The van der Waals surface area contributed by atoms with Crippen LogP contribution in [0.5, 0.6) is 0 Å². The maximum atomic E-state index is 13.0. The SMILES string of the molecule is CC[C@@]1(O)C(=O)OCc2c1cc1n(c2=O)Cc2cc3ccccc3nc2-1.O=C(O)CNN1C(=O)CCC1=O. The maximum Gasteiger partial charge on any atom is 0.343 e. The molecule has 2 amide bonds. The minimum atomic E-state index is -1.79. The van der Waals surface area contributed by atoms with Crippen LogP contribution in [0.3, 0.4) is 0 Å². The Hall–Kier alpha value is -4.42. The van der Waals surface area contributed by atoms with E-state index in [4.69, 9.17) is 14.8 Å². The van der Waals surface area contributed by atoms with E-state index >= 15 is 0 Å². The van der Waals surface area contributed by atoms with Crippen molar-refractivity contribution in [2.75, 3.05) is 6.54 Å². The van der Waals surface area contributed by atoms with Crippen molar-refractivity contribution in [1.29, 1.82) is 0 Å². The largest absolute Gasteiger partial charge is 0.480 e. The number of cyclic esters (lactones) is 1. The smallest absolute Gasteiger partial charge is 0.343 e. The van der Waals surface area contributed by atoms with Crippen LogP contribution in [0.15, 0.2) is 41.2 Å². The number of carbonyl (C=O) groups is 4. The number of carboxylic acids is 1. The fourth-order valence-corrected chi connectivity index (χ4v) is 4.82. The quantitative estimate of drug-likeness (QED) is 0.259. The third kappa shape index (κ3) is 4.13. The summed E-state index contributed by atoms with van der Waals surface area (Å²) in [6.07, 6.45) is 0.455. The van der Waals surface area contributed by atoms with Crippen LogP contribution in [-0.4, -0.2) is 55.1 Å². The number of hydrogen-bond donors (Lipinski definition) is 3. The normalized spacial score (nSPS) is 19.4. The Kier molecular flexibility index (Phi) is 6.29. The van der Waals surface area contributed by atoms with E-state index in [0.29, 0.717) is 23.4 Å². The number of hydrogen-bond acceptors (Lipinski definition) is 9. The Morgan fingerprint density at radius 3 is 2.53 bits per heavy atom. The van der Waals surface area contributed by atoms with Gasteiger partial charge in [-0.15, -0.1) is 0 Å². The van der Waals surface area contributed by atoms with Gasteiger partial charge >= 0.3 is 11.9 Å². The third-order valence-electron chi connectivity index (χ3n) is 6.86. The average Bonchev–Trinajstić information content (AvgIpc) is 3.42. The Bertz CT molecular complexity index is 1560. The van der Waals surface area contributed by atoms with E-state index in [-0.39, 0.29) is 43.2 Å². The first-order chi connectivity index (χ1) is 18.1. The number of pyridine rings is 2. The van der Waals surface area contributed by atoms with Crippen molar-refractivity contribution in [1.82, 2.24) is 20.0 Å². The van der Waals surface area contributed by atoms with Gasteiger partial charge in [0.1, 0.15) is 13.2 Å². The molecule has 2 aromatic heterocycles. The lowest BCUT2D eigenvalue weighted by molar-refractivity contribution is -0.172. The van der Waals surface area contributed by atoms with Gasteiger partial charge in [0.25, 0.3) is 5.56 Å². The lowest BCUT2D eigenvalue weighted by Gasteiger charge is -2.31. The molecule has 1 aromatic carbocycles. The number of nitrogens with one attached hydrogen (secondary N) is 1. The van der Waals surface area contributed by atoms with E-state index in [1.807, 2.05) is 30.3 Å². The fraction of sp³-hybridized carbons (Fsp3) is 0.308. The molecule has 12 nitrogen and oxygen atoms in total. The molecule has 1 fully saturated rings. The van der Waals surface area contributed by atoms with E-state index < -0.39 is 24.1 Å². The monoisotopic (exact) mass is 520 g/mol. The van der Waals surface area contributed by atoms with Crippen LogP contribution in [0.25, 0.3) is 22.3 Å². The van der Waals surface area contributed by atoms with Crippen LogP contribution in [0.1, 0.15) is 42.9 Å². The topological polar surface area (TPSA) is 168 Å². The molecular weight excluding hydrogens is 496 g/mol. The zero-order chi connectivity index (χ0) is 27.2. The van der Waals surface area contributed by atoms with Crippen LogP contribution in [0, 0.1) is 0 Å². The molecule has 0 radical (unpaired) electrons. The van der Waals surface area contributed by atoms with Gasteiger partial charge in [-0.2, -0.15) is 0 Å². The molecule has 0 bridgehead atoms. The molecule has 38 heavy (non-hydrogen) atoms. The fourth-order valence-electron chi connectivity index (χ4n) is 4.82. The van der Waals surface area contributed by atoms with Crippen molar-refractivity contribution >= 4 is 34.7 Å². The highest BCUT2D eigenvalue weighted by Crippen LogP contribution is 2.38. The van der Waals surface area contributed by atoms with E-state index in [2.05, 4.69) is 5.43 Å². The second kappa shape index (κ2) is 9.47. The van der Waals surface area contributed by atoms with Gasteiger partial charge in [0, 0.05) is 29.4 Å². The van der Waals surface area contributed by atoms with Gasteiger partial charge < -0.3 is 19.5 Å². The lowest BCUT2D eigenvalue weighted by Crippen LogP contribution is -2.44. The molecule has 0 unspecified atom stereocenters. The summed E-state index contributed by atoms with van der Waals surface area (Å²) in [5, 5.41) is 20.8. The summed E-state index contributed by atoms with van der Waals surface area (Å²) in [4.78, 5) is 61.6. The van der Waals surface area contributed by atoms with E-state index in [9.17, 15) is 29.1 Å². The number of carboxylic acid groups (broad SMARTS) is 1. The molecule has 3 N–H and O–H groups in total. The van der Waals surface area contributed by atoms with Crippen molar-refractivity contribution in [2.24, 2.45) is 0 Å². The van der Waals surface area contributed by atoms with E-state index in [0.717, 1.165) is 27.2 Å². The average molecular weight is 520 g/mol. The maximum absolute atomic E-state index is 13.0. The molecule has 6 rings (SSSR count). The Balaban J connectivity index is 0.000000207. The Morgan fingerprint density at radius 1 is 1.13 bits per heavy atom. The molecule has 1 saturated heterocycles. The Morgan fingerprint density at radius 2 is 1.84 bits per heavy atom. The molecule has 3 aliphatic rings. The number of carbonyl (C=O) groups excluding carboxylic acids is 3. The summed E-state index contributed by atoms with van der Waals surface area (Å²) in [5.74, 6) is -2.56. The second-order valence-corrected chi connectivity index (χ2v) is 9.14. The molecule has 1 atom stereocenters. The standard InChI is InChI=1S/C20H16N2O4.C6H8N2O4/c1-2-20(25)14-8-16-17-12(7-11-5-3-4-6-15(11)21-17)9-22(16)18(23)13(14)10-26-19(20)24;9-4-1-2-5(10)8(4)7-3-6(11)12/h3-8,25H,2,9-10H2,1H3;7H,1-3H2,(H,11,12)/t20-;/m0./s1. The summed E-state index contributed by atoms with van der Waals surface area (Å²) in [6, 6.07) is 11.6. The van der Waals surface area contributed by atoms with Crippen LogP contribution in [0.4, 0.5) is 0 Å². The lowest BCUT2D eigenvalue weighted by atomic mass is 9.86. The number of fused-ring (bicyclic) bond motifs is 5. The molecule has 0 spiro atoms. The summed E-state index contributed by atoms with van der Waals surface area (Å²) in [5.41, 5.74) is 4.03. The van der Waals surface area contributed by atoms with Crippen LogP contribution >= 0.6 is 0 Å². The molecule has 3 aromatic rings. The Labute approximate surface area is 215 Å². The highest BCUT2D eigenvalue weighted by Gasteiger charge is 2.45. The van der Waals surface area contributed by atoms with Crippen LogP contribution in [0.2, 0.25) is 0 Å². The van der Waals surface area contributed by atoms with Gasteiger partial charge in [0.2, 0.25) is 11.8 Å². The summed E-state index contributed by atoms with van der Waals surface area (Å²) in [7, 11) is 0. The molecule has 12 heteroatoms. The molecule has 0 saturated carbocycles. The highest BCUT2D eigenvalue weighted by molar-refractivity contribution is 6.01. The predicted molar refractivity (Wildman–Crippen MR) is 131 cm³/mol. The van der Waals surface area contributed by atoms with Gasteiger partial charge in [-0.25, -0.2) is 20.2 Å². The predicted octanol–water partition coefficient (Wildman–Crippen LogP) is 0.804. The van der Waals surface area contributed by atoms with E-state index in [1.165, 1.54) is 0 Å². The number of hydrazine groups is 1. The number of rotatable bonds is 4. The summed E-state index contributed by atoms with van der Waals surface area (Å²) >= 11 is 0. The van der Waals surface area contributed by atoms with Crippen LogP contribution in [-0.2, 0) is 42.7 Å². The van der Waals surface area contributed by atoms with Crippen molar-refractivity contribution in [3.8, 4) is 11.4 Å². The number of benzene rings is 1.